The van der Waals surface area contributed by atoms with Crippen LogP contribution in [0.4, 0.5) is 0 Å². The van der Waals surface area contributed by atoms with Crippen LogP contribution < -0.4 is 0 Å². The number of phosphoric acid groups is 3. The molecule has 2 atom stereocenters. The van der Waals surface area contributed by atoms with E-state index in [4.69, 9.17) is 19.6 Å². The Morgan fingerprint density at radius 3 is 1.50 bits per heavy atom. The first-order valence-corrected chi connectivity index (χ1v) is 8.49. The van der Waals surface area contributed by atoms with Crippen molar-refractivity contribution in [2.75, 3.05) is 0 Å². The highest BCUT2D eigenvalue weighted by atomic mass is 35.5. The molecule has 112 valence electrons. The van der Waals surface area contributed by atoms with Crippen LogP contribution >= 0.6 is 35.9 Å². The van der Waals surface area contributed by atoms with Gasteiger partial charge >= 0.3 is 23.5 Å². The van der Waals surface area contributed by atoms with Gasteiger partial charge in [-0.1, -0.05) is 0 Å². The molecule has 0 bridgehead atoms. The molecular weight excluding hydrogens is 336 g/mol. The molecule has 0 aromatic heterocycles. The van der Waals surface area contributed by atoms with Crippen molar-refractivity contribution in [1.29, 1.82) is 0 Å². The predicted molar refractivity (Wildman–Crippen MR) is 62.0 cm³/mol. The van der Waals surface area contributed by atoms with E-state index in [2.05, 4.69) is 13.1 Å². The number of hydrogen-bond donors (Lipinski definition) is 4. The van der Waals surface area contributed by atoms with Crippen LogP contribution in [0.15, 0.2) is 0 Å². The number of hydrogen-bond acceptors (Lipinski definition) is 6. The van der Waals surface area contributed by atoms with E-state index < -0.39 is 29.1 Å². The van der Waals surface area contributed by atoms with E-state index in [1.807, 2.05) is 0 Å². The third-order valence-corrected chi connectivity index (χ3v) is 4.91. The summed E-state index contributed by atoms with van der Waals surface area (Å²) in [7, 11) is -15.8. The number of halogens is 1. The molecular formula is C4H14ClO10P3. The van der Waals surface area contributed by atoms with Crippen molar-refractivity contribution >= 4 is 35.9 Å². The topological polar surface area (TPSA) is 160 Å². The van der Waals surface area contributed by atoms with Gasteiger partial charge in [0.25, 0.3) is 0 Å². The van der Waals surface area contributed by atoms with Crippen molar-refractivity contribution in [2.24, 2.45) is 0 Å². The molecule has 0 aliphatic heterocycles. The molecule has 0 saturated carbocycles. The zero-order chi connectivity index (χ0) is 14.1. The largest absolute Gasteiger partial charge is 0.490 e. The summed E-state index contributed by atoms with van der Waals surface area (Å²) < 4.78 is 43.8. The van der Waals surface area contributed by atoms with Gasteiger partial charge in [-0.3, -0.25) is 4.52 Å². The third kappa shape index (κ3) is 11.8. The van der Waals surface area contributed by atoms with E-state index in [-0.39, 0.29) is 12.4 Å². The van der Waals surface area contributed by atoms with Crippen molar-refractivity contribution < 1.29 is 46.4 Å². The van der Waals surface area contributed by atoms with Crippen LogP contribution in [0.3, 0.4) is 0 Å². The molecule has 0 aliphatic carbocycles. The molecule has 0 rings (SSSR count). The monoisotopic (exact) mass is 350 g/mol. The highest BCUT2D eigenvalue weighted by Gasteiger charge is 2.42. The third-order valence-electron chi connectivity index (χ3n) is 0.805. The molecule has 0 aromatic carbocycles. The fourth-order valence-corrected chi connectivity index (χ4v) is 3.97. The molecule has 0 aliphatic rings. The van der Waals surface area contributed by atoms with Gasteiger partial charge in [0.15, 0.2) is 0 Å². The highest BCUT2D eigenvalue weighted by molar-refractivity contribution is 7.66. The number of phosphoric ester groups is 1. The highest BCUT2D eigenvalue weighted by Crippen LogP contribution is 2.67. The van der Waals surface area contributed by atoms with E-state index in [1.165, 1.54) is 20.8 Å². The molecule has 14 heteroatoms. The van der Waals surface area contributed by atoms with Crippen molar-refractivity contribution in [3.63, 3.8) is 0 Å². The Kier molecular flexibility index (Phi) is 7.51. The molecule has 18 heavy (non-hydrogen) atoms. The molecule has 0 spiro atoms. The van der Waals surface area contributed by atoms with Crippen molar-refractivity contribution in [2.45, 2.75) is 26.4 Å². The smallest absolute Gasteiger partial charge is 0.302 e. The molecule has 2 unspecified atom stereocenters. The first-order chi connectivity index (χ1) is 7.12. The van der Waals surface area contributed by atoms with E-state index in [1.54, 1.807) is 0 Å². The minimum atomic E-state index is -5.42. The van der Waals surface area contributed by atoms with Gasteiger partial charge in [-0.25, -0.2) is 13.7 Å². The summed E-state index contributed by atoms with van der Waals surface area (Å²) in [6.07, 6.45) is 0. The minimum Gasteiger partial charge on any atom is -0.302 e. The van der Waals surface area contributed by atoms with Gasteiger partial charge in [-0.15, -0.1) is 12.4 Å². The summed E-state index contributed by atoms with van der Waals surface area (Å²) in [6, 6.07) is 0. The quantitative estimate of drug-likeness (QED) is 0.535. The molecule has 4 N–H and O–H groups in total. The van der Waals surface area contributed by atoms with Crippen LogP contribution in [0, 0.1) is 0 Å². The van der Waals surface area contributed by atoms with Gasteiger partial charge in [0.1, 0.15) is 0 Å². The zero-order valence-corrected chi connectivity index (χ0v) is 13.0. The van der Waals surface area contributed by atoms with Gasteiger partial charge < -0.3 is 19.6 Å². The molecule has 0 radical (unpaired) electrons. The van der Waals surface area contributed by atoms with Crippen LogP contribution in [0.1, 0.15) is 20.8 Å². The van der Waals surface area contributed by atoms with Crippen LogP contribution in [0.2, 0.25) is 0 Å². The Labute approximate surface area is 109 Å². The molecule has 0 amide bonds. The maximum atomic E-state index is 11.2. The summed E-state index contributed by atoms with van der Waals surface area (Å²) in [6.45, 7) is 4.06. The van der Waals surface area contributed by atoms with Crippen molar-refractivity contribution in [3.05, 3.63) is 0 Å². The predicted octanol–water partition coefficient (Wildman–Crippen LogP) is 1.55. The van der Waals surface area contributed by atoms with Gasteiger partial charge in [-0.2, -0.15) is 8.62 Å². The van der Waals surface area contributed by atoms with Gasteiger partial charge in [0.2, 0.25) is 0 Å². The normalized spacial score (nSPS) is 19.5. The lowest BCUT2D eigenvalue weighted by molar-refractivity contribution is 0.0787. The Morgan fingerprint density at radius 1 is 0.833 bits per heavy atom. The average molecular weight is 351 g/mol. The van der Waals surface area contributed by atoms with Gasteiger partial charge in [0, 0.05) is 0 Å². The van der Waals surface area contributed by atoms with Crippen molar-refractivity contribution in [1.82, 2.24) is 0 Å². The molecule has 10 nitrogen and oxygen atoms in total. The minimum absolute atomic E-state index is 0. The maximum Gasteiger partial charge on any atom is 0.490 e. The molecule has 0 aromatic rings. The summed E-state index contributed by atoms with van der Waals surface area (Å²) >= 11 is 0. The first kappa shape index (κ1) is 21.0. The lowest BCUT2D eigenvalue weighted by atomic mass is 10.2. The fraction of sp³-hybridized carbons (Fsp3) is 1.00. The Hall–Kier alpha value is 0.700. The molecule has 0 saturated heterocycles. The Morgan fingerprint density at radius 2 is 1.22 bits per heavy atom. The van der Waals surface area contributed by atoms with E-state index in [0.717, 1.165) is 0 Å². The summed E-state index contributed by atoms with van der Waals surface area (Å²) in [5.41, 5.74) is -1.19. The first-order valence-electron chi connectivity index (χ1n) is 3.96. The summed E-state index contributed by atoms with van der Waals surface area (Å²) in [5, 5.41) is 0. The van der Waals surface area contributed by atoms with E-state index in [9.17, 15) is 13.7 Å². The second-order valence-electron chi connectivity index (χ2n) is 3.79. The summed E-state index contributed by atoms with van der Waals surface area (Å²) in [5.74, 6) is 0. The fourth-order valence-electron chi connectivity index (χ4n) is 0.642. The standard InChI is InChI=1S/C4H13O10P3.ClH/c1-4(2,3)12-16(8,9)14-17(10,11)13-15(5,6)7;/h1-3H3,(H,8,9)(H,10,11)(H2,5,6,7);1H. The van der Waals surface area contributed by atoms with Crippen LogP contribution in [-0.2, 0) is 26.8 Å². The SMILES string of the molecule is CC(C)(C)OP(=O)(O)OP(=O)(O)OP(=O)(O)O.Cl. The number of rotatable bonds is 5. The van der Waals surface area contributed by atoms with Crippen molar-refractivity contribution in [3.8, 4) is 0 Å². The average Bonchev–Trinajstić information content (AvgIpc) is 1.65. The Balaban J connectivity index is 0. The van der Waals surface area contributed by atoms with E-state index >= 15 is 0 Å². The van der Waals surface area contributed by atoms with Crippen LogP contribution in [0.25, 0.3) is 0 Å². The Bertz CT molecular complexity index is 408. The summed E-state index contributed by atoms with van der Waals surface area (Å²) in [4.78, 5) is 34.3. The van der Waals surface area contributed by atoms with Gasteiger partial charge in [0.05, 0.1) is 5.60 Å². The zero-order valence-electron chi connectivity index (χ0n) is 9.49. The molecule has 0 heterocycles. The second kappa shape index (κ2) is 6.43. The van der Waals surface area contributed by atoms with Crippen LogP contribution in [0.5, 0.6) is 0 Å². The van der Waals surface area contributed by atoms with E-state index in [0.29, 0.717) is 0 Å². The lowest BCUT2D eigenvalue weighted by Crippen LogP contribution is -2.17. The molecule has 0 fully saturated rings. The van der Waals surface area contributed by atoms with Gasteiger partial charge in [-0.05, 0) is 20.8 Å². The van der Waals surface area contributed by atoms with Crippen LogP contribution in [-0.4, -0.2) is 25.2 Å². The lowest BCUT2D eigenvalue weighted by Gasteiger charge is -2.23. The maximum absolute atomic E-state index is 11.2. The second-order valence-corrected chi connectivity index (χ2v) is 8.14.